The Bertz CT molecular complexity index is 7190. The average Bonchev–Trinajstić information content (AvgIpc) is 1.54. The fraction of sp³-hybridized carbons (Fsp3) is 0. The molecule has 0 unspecified atom stereocenters. The van der Waals surface area contributed by atoms with Crippen LogP contribution in [0.2, 0.25) is 0 Å². The third kappa shape index (κ3) is 9.06. The third-order valence-corrected chi connectivity index (χ3v) is 22.7. The van der Waals surface area contributed by atoms with Gasteiger partial charge in [-0.05, 0) is 136 Å². The summed E-state index contributed by atoms with van der Waals surface area (Å²) in [6, 6.07) is 112. The van der Waals surface area contributed by atoms with Crippen molar-refractivity contribution < 1.29 is 0 Å². The predicted molar refractivity (Wildman–Crippen MR) is 429 cm³/mol. The van der Waals surface area contributed by atoms with Gasteiger partial charge in [0.2, 0.25) is 0 Å². The minimum atomic E-state index is 0.673. The van der Waals surface area contributed by atoms with Crippen LogP contribution >= 0.6 is 22.7 Å². The Morgan fingerprint density at radius 2 is 0.686 bits per heavy atom. The molecule has 8 nitrogen and oxygen atoms in total. The van der Waals surface area contributed by atoms with Gasteiger partial charge in [-0.2, -0.15) is 0 Å². The number of nitrogens with zero attached hydrogens (tertiary/aromatic N) is 8. The maximum atomic E-state index is 5.21. The van der Waals surface area contributed by atoms with E-state index in [9.17, 15) is 0 Å². The predicted octanol–water partition coefficient (Wildman–Crippen LogP) is 24.8. The first-order valence-corrected chi connectivity index (χ1v) is 35.9. The first-order chi connectivity index (χ1) is 50.6. The minimum absolute atomic E-state index is 0.673. The van der Waals surface area contributed by atoms with Crippen LogP contribution < -0.4 is 0 Å². The second kappa shape index (κ2) is 23.3. The van der Waals surface area contributed by atoms with E-state index in [0.717, 1.165) is 83.6 Å². The standard InChI is InChI=1S/C47H28N4S.C45H26N4S/c1-2-12-29(13-3-1)31-14-10-15-32(28-31)43-44-38(20-11-27-48-44)49-47(50-43)30-23-25-33(26-24-30)51-39-21-8-6-18-36(39)41-34-16-4-5-17-35(34)46-42(45(41)51)37-19-7-9-22-40(37)52-46;1-2-13-30-27(11-1)12-9-18-32(30)41-42-36(19-10-26-46-42)47-45(48-41)28-22-24-29(25-23-28)49-37-20-7-5-16-34(37)39-31-14-3-4-15-33(31)44-40(43(39)49)35-17-6-8-21-38(35)50-44/h1-28H;1-26H. The van der Waals surface area contributed by atoms with E-state index < -0.39 is 0 Å². The molecule has 474 valence electrons. The maximum absolute atomic E-state index is 5.21. The zero-order valence-corrected chi connectivity index (χ0v) is 56.2. The summed E-state index contributed by atoms with van der Waals surface area (Å²) in [5.74, 6) is 1.35. The van der Waals surface area contributed by atoms with Crippen LogP contribution in [-0.4, -0.2) is 39.0 Å². The molecular weight excluding hydrogens is 1280 g/mol. The number of hydrogen-bond donors (Lipinski definition) is 0. The van der Waals surface area contributed by atoms with Crippen molar-refractivity contribution in [2.75, 3.05) is 0 Å². The summed E-state index contributed by atoms with van der Waals surface area (Å²) in [6.45, 7) is 0. The number of pyridine rings is 2. The smallest absolute Gasteiger partial charge is 0.160 e. The van der Waals surface area contributed by atoms with Crippen LogP contribution in [0.3, 0.4) is 0 Å². The number of rotatable bonds is 7. The quantitative estimate of drug-likeness (QED) is 0.158. The normalized spacial score (nSPS) is 11.9. The number of aromatic nitrogens is 8. The second-order valence-electron chi connectivity index (χ2n) is 25.9. The van der Waals surface area contributed by atoms with Crippen LogP contribution in [0.15, 0.2) is 328 Å². The highest BCUT2D eigenvalue weighted by Gasteiger charge is 2.25. The van der Waals surface area contributed by atoms with E-state index in [-0.39, 0.29) is 0 Å². The van der Waals surface area contributed by atoms with Gasteiger partial charge in [-0.1, -0.05) is 212 Å². The molecule has 0 spiro atoms. The van der Waals surface area contributed by atoms with Gasteiger partial charge in [0, 0.05) is 119 Å². The summed E-state index contributed by atoms with van der Waals surface area (Å²) >= 11 is 3.77. The summed E-state index contributed by atoms with van der Waals surface area (Å²) in [5.41, 5.74) is 18.2. The van der Waals surface area contributed by atoms with Crippen LogP contribution in [0.5, 0.6) is 0 Å². The molecule has 102 heavy (non-hydrogen) atoms. The number of fused-ring (bicyclic) bond motifs is 23. The lowest BCUT2D eigenvalue weighted by Gasteiger charge is -2.13. The number of thiophene rings is 2. The molecule has 0 saturated heterocycles. The zero-order chi connectivity index (χ0) is 66.9. The van der Waals surface area contributed by atoms with Gasteiger partial charge >= 0.3 is 0 Å². The first kappa shape index (κ1) is 57.9. The van der Waals surface area contributed by atoms with Gasteiger partial charge in [0.25, 0.3) is 0 Å². The van der Waals surface area contributed by atoms with Crippen molar-refractivity contribution in [1.29, 1.82) is 0 Å². The van der Waals surface area contributed by atoms with E-state index in [4.69, 9.17) is 29.9 Å². The van der Waals surface area contributed by atoms with Gasteiger partial charge in [-0.15, -0.1) is 22.7 Å². The van der Waals surface area contributed by atoms with E-state index in [0.29, 0.717) is 11.6 Å². The Balaban J connectivity index is 0.000000133. The zero-order valence-electron chi connectivity index (χ0n) is 54.6. The monoisotopic (exact) mass is 1330 g/mol. The van der Waals surface area contributed by atoms with Crippen molar-refractivity contribution in [2.45, 2.75) is 0 Å². The molecule has 0 fully saturated rings. The van der Waals surface area contributed by atoms with Crippen LogP contribution in [-0.2, 0) is 0 Å². The molecule has 8 heterocycles. The lowest BCUT2D eigenvalue weighted by Crippen LogP contribution is -1.98. The lowest BCUT2D eigenvalue weighted by molar-refractivity contribution is 1.18. The van der Waals surface area contributed by atoms with Gasteiger partial charge in [-0.3, -0.25) is 9.97 Å². The minimum Gasteiger partial charge on any atom is -0.309 e. The molecule has 0 atom stereocenters. The summed E-state index contributed by atoms with van der Waals surface area (Å²) in [6.07, 6.45) is 3.63. The number of benzene rings is 14. The molecule has 22 aromatic rings. The van der Waals surface area contributed by atoms with Crippen molar-refractivity contribution in [3.05, 3.63) is 328 Å². The molecule has 0 radical (unpaired) electrons. The van der Waals surface area contributed by atoms with Crippen LogP contribution in [0.4, 0.5) is 0 Å². The molecule has 0 aliphatic rings. The van der Waals surface area contributed by atoms with E-state index in [2.05, 4.69) is 294 Å². The summed E-state index contributed by atoms with van der Waals surface area (Å²) in [4.78, 5) is 29.9. The van der Waals surface area contributed by atoms with E-state index in [1.54, 1.807) is 0 Å². The van der Waals surface area contributed by atoms with Gasteiger partial charge in [0.05, 0.1) is 33.1 Å². The molecule has 0 aliphatic carbocycles. The fourth-order valence-corrected chi connectivity index (χ4v) is 18.3. The van der Waals surface area contributed by atoms with Gasteiger partial charge < -0.3 is 9.13 Å². The van der Waals surface area contributed by atoms with Crippen LogP contribution in [0.1, 0.15) is 0 Å². The summed E-state index contributed by atoms with van der Waals surface area (Å²) < 4.78 is 10.2. The molecule has 0 saturated carbocycles. The van der Waals surface area contributed by atoms with Crippen molar-refractivity contribution in [1.82, 2.24) is 39.0 Å². The Morgan fingerprint density at radius 3 is 1.25 bits per heavy atom. The maximum Gasteiger partial charge on any atom is 0.160 e. The molecule has 22 rings (SSSR count). The Kier molecular flexibility index (Phi) is 13.2. The van der Waals surface area contributed by atoms with Crippen molar-refractivity contribution in [3.63, 3.8) is 0 Å². The second-order valence-corrected chi connectivity index (χ2v) is 28.1. The molecule has 0 aliphatic heterocycles. The summed E-state index contributed by atoms with van der Waals surface area (Å²) in [5, 5.41) is 17.8. The summed E-state index contributed by atoms with van der Waals surface area (Å²) in [7, 11) is 0. The van der Waals surface area contributed by atoms with Crippen LogP contribution in [0.25, 0.3) is 206 Å². The Morgan fingerprint density at radius 1 is 0.265 bits per heavy atom. The van der Waals surface area contributed by atoms with Gasteiger partial charge in [0.1, 0.15) is 22.4 Å². The molecular formula is C92H54N8S2. The molecule has 14 aromatic carbocycles. The SMILES string of the molecule is c1ccc(-c2cccc(-c3nc(-c4ccc(-n5c6ccccc6c6c7ccccc7c7sc8ccccc8c7c65)cc4)nc4cccnc34)c2)cc1.c1ccc2c(-c3nc(-c4ccc(-n5c6ccccc6c6c7ccccc7c7sc8ccccc8c7c65)cc4)nc4cccnc34)cccc2c1. The Labute approximate surface area is 591 Å². The molecule has 0 N–H and O–H groups in total. The molecule has 0 bridgehead atoms. The molecule has 0 amide bonds. The number of para-hydroxylation sites is 2. The topological polar surface area (TPSA) is 87.2 Å². The highest BCUT2D eigenvalue weighted by Crippen LogP contribution is 2.50. The molecule has 8 aromatic heterocycles. The first-order valence-electron chi connectivity index (χ1n) is 34.2. The number of hydrogen-bond acceptors (Lipinski definition) is 8. The highest BCUT2D eigenvalue weighted by molar-refractivity contribution is 7.27. The van der Waals surface area contributed by atoms with Gasteiger partial charge in [-0.25, -0.2) is 19.9 Å². The van der Waals surface area contributed by atoms with Crippen molar-refractivity contribution in [3.8, 4) is 67.8 Å². The van der Waals surface area contributed by atoms with Crippen LogP contribution in [0, 0.1) is 0 Å². The molecule has 10 heteroatoms. The van der Waals surface area contributed by atoms with E-state index >= 15 is 0 Å². The third-order valence-electron chi connectivity index (χ3n) is 20.3. The van der Waals surface area contributed by atoms with Crippen molar-refractivity contribution >= 4 is 161 Å². The highest BCUT2D eigenvalue weighted by atomic mass is 32.1. The van der Waals surface area contributed by atoms with Crippen molar-refractivity contribution in [2.24, 2.45) is 0 Å². The lowest BCUT2D eigenvalue weighted by atomic mass is 10.00. The van der Waals surface area contributed by atoms with E-state index in [1.807, 2.05) is 65.4 Å². The van der Waals surface area contributed by atoms with Gasteiger partial charge in [0.15, 0.2) is 11.6 Å². The van der Waals surface area contributed by atoms with E-state index in [1.165, 1.54) is 111 Å². The fourth-order valence-electron chi connectivity index (χ4n) is 15.8. The largest absolute Gasteiger partial charge is 0.309 e. The Hall–Kier alpha value is -13.1. The average molecular weight is 1340 g/mol.